The molecule has 0 heterocycles. The first-order valence-corrected chi connectivity index (χ1v) is 28.9. The van der Waals surface area contributed by atoms with Gasteiger partial charge in [-0.05, 0) is 214 Å². The molecular formula is C74H76N2. The fourth-order valence-electron chi connectivity index (χ4n) is 13.7. The molecule has 76 heavy (non-hydrogen) atoms. The molecule has 0 atom stereocenters. The Bertz CT molecular complexity index is 3500. The summed E-state index contributed by atoms with van der Waals surface area (Å²) in [5, 5.41) is 8.00. The highest BCUT2D eigenvalue weighted by molar-refractivity contribution is 6.29. The molecule has 2 fully saturated rings. The van der Waals surface area contributed by atoms with Gasteiger partial charge in [0.1, 0.15) is 0 Å². The molecule has 0 N–H and O–H groups in total. The molecule has 0 bridgehead atoms. The minimum atomic E-state index is 0.285. The Labute approximate surface area is 453 Å². The maximum absolute atomic E-state index is 2.65. The molecule has 382 valence electrons. The summed E-state index contributed by atoms with van der Waals surface area (Å²) in [6, 6.07) is 66.4. The maximum atomic E-state index is 2.65. The zero-order valence-electron chi connectivity index (χ0n) is 46.4. The number of rotatable bonds is 12. The van der Waals surface area contributed by atoms with E-state index in [1.807, 2.05) is 0 Å². The van der Waals surface area contributed by atoms with E-state index in [1.54, 1.807) is 0 Å². The third-order valence-electron chi connectivity index (χ3n) is 17.9. The number of aryl methyl sites for hydroxylation is 4. The van der Waals surface area contributed by atoms with Gasteiger partial charge in [-0.15, -0.1) is 0 Å². The highest BCUT2D eigenvalue weighted by atomic mass is 15.2. The maximum Gasteiger partial charge on any atom is 0.0543 e. The van der Waals surface area contributed by atoms with Crippen molar-refractivity contribution in [3.05, 3.63) is 214 Å². The Balaban J connectivity index is 1.16. The van der Waals surface area contributed by atoms with Crippen molar-refractivity contribution in [1.82, 2.24) is 0 Å². The van der Waals surface area contributed by atoms with E-state index in [0.29, 0.717) is 11.8 Å². The SMILES string of the molecule is Cc1ccccc1-c1ccc(C)c(N(c2cccc(C3CCCCC3)c2)c2cc(C(C)C)c3ccc4c(N(c5cccc(C6CCCCC6)c5)c5cc(-c6ccccc6C)ccc5C)cc(C(C)C)c5ccc2c3c54)c1. The lowest BCUT2D eigenvalue weighted by atomic mass is 9.83. The largest absolute Gasteiger partial charge is 0.310 e. The van der Waals surface area contributed by atoms with Crippen LogP contribution < -0.4 is 9.80 Å². The Kier molecular flexibility index (Phi) is 13.6. The lowest BCUT2D eigenvalue weighted by Crippen LogP contribution is -2.15. The molecule has 0 aromatic heterocycles. The van der Waals surface area contributed by atoms with Gasteiger partial charge in [0.2, 0.25) is 0 Å². The first-order valence-electron chi connectivity index (χ1n) is 28.9. The normalized spacial score (nSPS) is 14.7. The summed E-state index contributed by atoms with van der Waals surface area (Å²) in [5.41, 5.74) is 23.2. The summed E-state index contributed by atoms with van der Waals surface area (Å²) in [5.74, 6) is 1.74. The van der Waals surface area contributed by atoms with Crippen molar-refractivity contribution >= 4 is 66.4 Å². The van der Waals surface area contributed by atoms with Crippen LogP contribution in [0.2, 0.25) is 0 Å². The highest BCUT2D eigenvalue weighted by Crippen LogP contribution is 2.53. The van der Waals surface area contributed by atoms with Crippen LogP contribution in [0.25, 0.3) is 54.6 Å². The lowest BCUT2D eigenvalue weighted by molar-refractivity contribution is 0.443. The van der Waals surface area contributed by atoms with Crippen molar-refractivity contribution in [1.29, 1.82) is 0 Å². The van der Waals surface area contributed by atoms with Gasteiger partial charge in [0.15, 0.2) is 0 Å². The summed E-state index contributed by atoms with van der Waals surface area (Å²) < 4.78 is 0. The summed E-state index contributed by atoms with van der Waals surface area (Å²) in [7, 11) is 0. The van der Waals surface area contributed by atoms with Gasteiger partial charge in [-0.1, -0.05) is 188 Å². The Morgan fingerprint density at radius 3 is 1.13 bits per heavy atom. The van der Waals surface area contributed by atoms with E-state index in [0.717, 1.165) is 0 Å². The lowest BCUT2D eigenvalue weighted by Gasteiger charge is -2.33. The van der Waals surface area contributed by atoms with Gasteiger partial charge < -0.3 is 9.80 Å². The molecule has 0 radical (unpaired) electrons. The summed E-state index contributed by atoms with van der Waals surface area (Å²) in [6.07, 6.45) is 13.0. The summed E-state index contributed by atoms with van der Waals surface area (Å²) in [6.45, 7) is 18.7. The van der Waals surface area contributed by atoms with E-state index in [4.69, 9.17) is 0 Å². The molecule has 0 spiro atoms. The number of hydrogen-bond donors (Lipinski definition) is 0. The van der Waals surface area contributed by atoms with Crippen LogP contribution in [0, 0.1) is 27.7 Å². The molecule has 12 rings (SSSR count). The van der Waals surface area contributed by atoms with Gasteiger partial charge in [0.05, 0.1) is 11.4 Å². The van der Waals surface area contributed by atoms with Gasteiger partial charge in [-0.3, -0.25) is 0 Å². The molecule has 0 amide bonds. The smallest absolute Gasteiger partial charge is 0.0543 e. The molecule has 10 aromatic rings. The van der Waals surface area contributed by atoms with E-state index in [2.05, 4.69) is 235 Å². The molecule has 0 unspecified atom stereocenters. The standard InChI is InChI=1S/C74H76N2/c1-47(2)67-45-71(75(59-29-19-27-55(41-59)53-23-11-9-12-24-53)69-43-57(35-33-51(69)7)61-31-17-15-21-49(61)5)65-40-38-64-68(48(3)4)46-72(66-39-37-63(67)73(65)74(64)66)76(60-30-20-28-56(42-60)54-25-13-10-14-26-54)70-44-58(36-34-52(70)8)62-32-18-16-22-50(62)6/h15-22,27-48,53-54H,9-14,23-26H2,1-8H3. The monoisotopic (exact) mass is 993 g/mol. The predicted molar refractivity (Wildman–Crippen MR) is 329 cm³/mol. The van der Waals surface area contributed by atoms with Crippen molar-refractivity contribution in [2.75, 3.05) is 9.80 Å². The zero-order valence-corrected chi connectivity index (χ0v) is 46.4. The molecule has 2 heteroatoms. The molecule has 2 aliphatic rings. The molecular weight excluding hydrogens is 917 g/mol. The third kappa shape index (κ3) is 9.06. The molecule has 2 saturated carbocycles. The van der Waals surface area contributed by atoms with Crippen LogP contribution in [0.5, 0.6) is 0 Å². The van der Waals surface area contributed by atoms with E-state index < -0.39 is 0 Å². The first kappa shape index (κ1) is 49.7. The Morgan fingerprint density at radius 2 is 0.737 bits per heavy atom. The number of nitrogens with zero attached hydrogens (tertiary/aromatic N) is 2. The van der Waals surface area contributed by atoms with Gasteiger partial charge in [-0.25, -0.2) is 0 Å². The second-order valence-corrected chi connectivity index (χ2v) is 23.5. The molecule has 0 saturated heterocycles. The van der Waals surface area contributed by atoms with Crippen LogP contribution in [0.3, 0.4) is 0 Å². The zero-order chi connectivity index (χ0) is 52.2. The van der Waals surface area contributed by atoms with Gasteiger partial charge >= 0.3 is 0 Å². The number of hydrogen-bond acceptors (Lipinski definition) is 2. The fraction of sp³-hybridized carbons (Fsp3) is 0.297. The van der Waals surface area contributed by atoms with E-state index in [9.17, 15) is 0 Å². The topological polar surface area (TPSA) is 6.48 Å². The average molecular weight is 993 g/mol. The quantitative estimate of drug-likeness (QED) is 0.113. The van der Waals surface area contributed by atoms with Crippen LogP contribution in [0.4, 0.5) is 34.1 Å². The Hall–Kier alpha value is -7.16. The predicted octanol–water partition coefficient (Wildman–Crippen LogP) is 22.4. The van der Waals surface area contributed by atoms with Crippen molar-refractivity contribution in [2.24, 2.45) is 0 Å². The summed E-state index contributed by atoms with van der Waals surface area (Å²) in [4.78, 5) is 5.30. The second kappa shape index (κ2) is 20.8. The van der Waals surface area contributed by atoms with Crippen LogP contribution in [0.15, 0.2) is 170 Å². The Morgan fingerprint density at radius 1 is 0.342 bits per heavy atom. The van der Waals surface area contributed by atoms with Gasteiger partial charge in [-0.2, -0.15) is 0 Å². The minimum absolute atomic E-state index is 0.285. The van der Waals surface area contributed by atoms with Crippen molar-refractivity contribution < 1.29 is 0 Å². The number of anilines is 6. The van der Waals surface area contributed by atoms with Crippen molar-refractivity contribution in [3.63, 3.8) is 0 Å². The second-order valence-electron chi connectivity index (χ2n) is 23.5. The minimum Gasteiger partial charge on any atom is -0.310 e. The van der Waals surface area contributed by atoms with Crippen LogP contribution in [-0.4, -0.2) is 0 Å². The average Bonchev–Trinajstić information content (AvgIpc) is 3.64. The molecule has 0 aliphatic heterocycles. The van der Waals surface area contributed by atoms with Crippen molar-refractivity contribution in [3.8, 4) is 22.3 Å². The van der Waals surface area contributed by atoms with E-state index in [-0.39, 0.29) is 11.8 Å². The van der Waals surface area contributed by atoms with Crippen LogP contribution in [0.1, 0.15) is 160 Å². The fourth-order valence-corrected chi connectivity index (χ4v) is 13.7. The third-order valence-corrected chi connectivity index (χ3v) is 17.9. The van der Waals surface area contributed by atoms with Gasteiger partial charge in [0.25, 0.3) is 0 Å². The van der Waals surface area contributed by atoms with Gasteiger partial charge in [0, 0.05) is 33.5 Å². The highest BCUT2D eigenvalue weighted by Gasteiger charge is 2.29. The summed E-state index contributed by atoms with van der Waals surface area (Å²) >= 11 is 0. The molecule has 10 aromatic carbocycles. The van der Waals surface area contributed by atoms with E-state index >= 15 is 0 Å². The first-order chi connectivity index (χ1) is 37.0. The van der Waals surface area contributed by atoms with E-state index in [1.165, 1.54) is 197 Å². The van der Waals surface area contributed by atoms with Crippen molar-refractivity contribution in [2.45, 2.75) is 143 Å². The number of benzene rings is 10. The molecule has 2 aliphatic carbocycles. The van der Waals surface area contributed by atoms with Crippen LogP contribution in [-0.2, 0) is 0 Å². The van der Waals surface area contributed by atoms with Crippen LogP contribution >= 0.6 is 0 Å². The molecule has 2 nitrogen and oxygen atoms in total.